The fourth-order valence-corrected chi connectivity index (χ4v) is 1.85. The van der Waals surface area contributed by atoms with Gasteiger partial charge in [-0.15, -0.1) is 11.6 Å². The Hall–Kier alpha value is -0.240. The van der Waals surface area contributed by atoms with Gasteiger partial charge in [0.25, 0.3) is 0 Å². The molecule has 0 aliphatic heterocycles. The van der Waals surface area contributed by atoms with Crippen LogP contribution in [0.25, 0.3) is 0 Å². The molecule has 3 heteroatoms. The van der Waals surface area contributed by atoms with Crippen molar-refractivity contribution < 1.29 is 0 Å². The number of benzene rings is 1. The number of rotatable bonds is 4. The number of alkyl halides is 1. The van der Waals surface area contributed by atoms with Crippen molar-refractivity contribution in [1.82, 2.24) is 4.90 Å². The molecule has 0 bridgehead atoms. The number of nitrogens with zero attached hydrogens (tertiary/aromatic N) is 1. The Labute approximate surface area is 102 Å². The highest BCUT2D eigenvalue weighted by Crippen LogP contribution is 2.19. The van der Waals surface area contributed by atoms with E-state index in [0.29, 0.717) is 11.9 Å². The van der Waals surface area contributed by atoms with Crippen molar-refractivity contribution in [2.75, 3.05) is 12.9 Å². The normalized spacial score (nSPS) is 13.2. The largest absolute Gasteiger partial charge is 0.298 e. The Kier molecular flexibility index (Phi) is 4.91. The van der Waals surface area contributed by atoms with E-state index in [4.69, 9.17) is 23.2 Å². The van der Waals surface area contributed by atoms with E-state index < -0.39 is 0 Å². The molecule has 0 saturated heterocycles. The summed E-state index contributed by atoms with van der Waals surface area (Å²) < 4.78 is 0. The van der Waals surface area contributed by atoms with Gasteiger partial charge in [0, 0.05) is 23.5 Å². The minimum absolute atomic E-state index is 0.365. The fourth-order valence-electron chi connectivity index (χ4n) is 1.32. The highest BCUT2D eigenvalue weighted by atomic mass is 35.5. The quantitative estimate of drug-likeness (QED) is 0.732. The highest BCUT2D eigenvalue weighted by Gasteiger charge is 2.09. The summed E-state index contributed by atoms with van der Waals surface area (Å²) in [5.74, 6) is 0.639. The summed E-state index contributed by atoms with van der Waals surface area (Å²) in [6, 6.07) is 6.52. The fraction of sp³-hybridized carbons (Fsp3) is 0.500. The number of halogens is 2. The molecule has 1 atom stereocenters. The molecule has 0 spiro atoms. The lowest BCUT2D eigenvalue weighted by Crippen LogP contribution is -2.29. The van der Waals surface area contributed by atoms with Gasteiger partial charge in [0.1, 0.15) is 0 Å². The van der Waals surface area contributed by atoms with E-state index in [2.05, 4.69) is 31.0 Å². The zero-order valence-corrected chi connectivity index (χ0v) is 10.9. The van der Waals surface area contributed by atoms with E-state index in [1.54, 1.807) is 0 Å². The van der Waals surface area contributed by atoms with Crippen LogP contribution in [0.15, 0.2) is 18.2 Å². The van der Waals surface area contributed by atoms with E-state index in [-0.39, 0.29) is 0 Å². The predicted octanol–water partition coefficient (Wildman–Crippen LogP) is 3.71. The molecule has 15 heavy (non-hydrogen) atoms. The third-order valence-electron chi connectivity index (χ3n) is 2.60. The van der Waals surface area contributed by atoms with Gasteiger partial charge in [0.15, 0.2) is 0 Å². The van der Waals surface area contributed by atoms with Crippen LogP contribution in [0.3, 0.4) is 0 Å². The van der Waals surface area contributed by atoms with E-state index in [1.807, 2.05) is 13.0 Å². The van der Waals surface area contributed by atoms with Gasteiger partial charge in [0.2, 0.25) is 0 Å². The van der Waals surface area contributed by atoms with Crippen molar-refractivity contribution >= 4 is 23.2 Å². The number of hydrogen-bond acceptors (Lipinski definition) is 1. The third kappa shape index (κ3) is 3.67. The zero-order chi connectivity index (χ0) is 11.4. The van der Waals surface area contributed by atoms with E-state index >= 15 is 0 Å². The summed E-state index contributed by atoms with van der Waals surface area (Å²) in [5.41, 5.74) is 2.35. The Morgan fingerprint density at radius 3 is 2.60 bits per heavy atom. The van der Waals surface area contributed by atoms with Gasteiger partial charge in [0.05, 0.1) is 0 Å². The SMILES string of the molecule is Cc1ccc(CN(C)C(C)CCl)c(Cl)c1. The molecular formula is C12H17Cl2N. The molecule has 1 aromatic carbocycles. The maximum absolute atomic E-state index is 6.16. The summed E-state index contributed by atoms with van der Waals surface area (Å²) >= 11 is 12.0. The monoisotopic (exact) mass is 245 g/mol. The number of aryl methyl sites for hydroxylation is 1. The van der Waals surface area contributed by atoms with Crippen LogP contribution in [0.1, 0.15) is 18.1 Å². The molecule has 1 nitrogen and oxygen atoms in total. The molecule has 84 valence electrons. The second-order valence-electron chi connectivity index (χ2n) is 4.01. The first kappa shape index (κ1) is 12.8. The highest BCUT2D eigenvalue weighted by molar-refractivity contribution is 6.31. The van der Waals surface area contributed by atoms with E-state index in [0.717, 1.165) is 17.1 Å². The molecule has 0 aromatic heterocycles. The molecule has 1 rings (SSSR count). The Morgan fingerprint density at radius 2 is 2.07 bits per heavy atom. The molecule has 0 N–H and O–H groups in total. The van der Waals surface area contributed by atoms with Crippen LogP contribution in [0.2, 0.25) is 5.02 Å². The average Bonchev–Trinajstić information content (AvgIpc) is 2.20. The van der Waals surface area contributed by atoms with Crippen LogP contribution in [0.4, 0.5) is 0 Å². The van der Waals surface area contributed by atoms with Crippen molar-refractivity contribution in [3.8, 4) is 0 Å². The van der Waals surface area contributed by atoms with Crippen LogP contribution in [-0.4, -0.2) is 23.9 Å². The molecule has 0 amide bonds. The molecule has 0 fully saturated rings. The molecule has 0 heterocycles. The molecule has 0 aliphatic rings. The second-order valence-corrected chi connectivity index (χ2v) is 4.73. The molecular weight excluding hydrogens is 229 g/mol. The zero-order valence-electron chi connectivity index (χ0n) is 9.43. The summed E-state index contributed by atoms with van der Waals surface area (Å²) in [5, 5.41) is 0.837. The van der Waals surface area contributed by atoms with Crippen LogP contribution in [-0.2, 0) is 6.54 Å². The van der Waals surface area contributed by atoms with Crippen molar-refractivity contribution in [3.63, 3.8) is 0 Å². The van der Waals surface area contributed by atoms with Crippen molar-refractivity contribution in [2.24, 2.45) is 0 Å². The Balaban J connectivity index is 2.72. The van der Waals surface area contributed by atoms with Crippen LogP contribution >= 0.6 is 23.2 Å². The lowest BCUT2D eigenvalue weighted by molar-refractivity contribution is 0.268. The van der Waals surface area contributed by atoms with Crippen molar-refractivity contribution in [3.05, 3.63) is 34.3 Å². The lowest BCUT2D eigenvalue weighted by atomic mass is 10.1. The Morgan fingerprint density at radius 1 is 1.40 bits per heavy atom. The first-order valence-electron chi connectivity index (χ1n) is 5.06. The molecule has 1 unspecified atom stereocenters. The van der Waals surface area contributed by atoms with Crippen LogP contribution in [0.5, 0.6) is 0 Å². The Bertz CT molecular complexity index is 325. The second kappa shape index (κ2) is 5.74. The molecule has 1 aromatic rings. The standard InChI is InChI=1S/C12H17Cl2N/c1-9-4-5-11(12(14)6-9)8-15(3)10(2)7-13/h4-6,10H,7-8H2,1-3H3. The first-order chi connectivity index (χ1) is 7.04. The summed E-state index contributed by atoms with van der Waals surface area (Å²) in [7, 11) is 2.06. The lowest BCUT2D eigenvalue weighted by Gasteiger charge is -2.23. The van der Waals surface area contributed by atoms with Gasteiger partial charge in [-0.1, -0.05) is 23.7 Å². The van der Waals surface area contributed by atoms with Gasteiger partial charge in [-0.2, -0.15) is 0 Å². The van der Waals surface area contributed by atoms with Gasteiger partial charge in [-0.05, 0) is 38.1 Å². The van der Waals surface area contributed by atoms with Crippen LogP contribution < -0.4 is 0 Å². The van der Waals surface area contributed by atoms with Crippen LogP contribution in [0, 0.1) is 6.92 Å². The molecule has 0 saturated carbocycles. The predicted molar refractivity (Wildman–Crippen MR) is 67.8 cm³/mol. The van der Waals surface area contributed by atoms with E-state index in [1.165, 1.54) is 5.56 Å². The third-order valence-corrected chi connectivity index (χ3v) is 3.40. The van der Waals surface area contributed by atoms with Gasteiger partial charge < -0.3 is 0 Å². The summed E-state index contributed by atoms with van der Waals surface area (Å²) in [4.78, 5) is 2.20. The summed E-state index contributed by atoms with van der Waals surface area (Å²) in [6.45, 7) is 4.99. The maximum atomic E-state index is 6.16. The van der Waals surface area contributed by atoms with Crippen molar-refractivity contribution in [1.29, 1.82) is 0 Å². The topological polar surface area (TPSA) is 3.24 Å². The molecule has 0 radical (unpaired) electrons. The first-order valence-corrected chi connectivity index (χ1v) is 5.97. The number of hydrogen-bond donors (Lipinski definition) is 0. The summed E-state index contributed by atoms with van der Waals surface area (Å²) in [6.07, 6.45) is 0. The minimum Gasteiger partial charge on any atom is -0.298 e. The van der Waals surface area contributed by atoms with Gasteiger partial charge >= 0.3 is 0 Å². The van der Waals surface area contributed by atoms with Gasteiger partial charge in [-0.25, -0.2) is 0 Å². The smallest absolute Gasteiger partial charge is 0.0453 e. The molecule has 0 aliphatic carbocycles. The van der Waals surface area contributed by atoms with Gasteiger partial charge in [-0.3, -0.25) is 4.90 Å². The van der Waals surface area contributed by atoms with E-state index in [9.17, 15) is 0 Å². The average molecular weight is 246 g/mol. The minimum atomic E-state index is 0.365. The van der Waals surface area contributed by atoms with Crippen molar-refractivity contribution in [2.45, 2.75) is 26.4 Å². The maximum Gasteiger partial charge on any atom is 0.0453 e.